The zero-order valence-corrected chi connectivity index (χ0v) is 15.0. The molecular formula is C19H26N6. The molecule has 0 amide bonds. The number of aromatic amines is 1. The average Bonchev–Trinajstić information content (AvgIpc) is 3.41. The highest BCUT2D eigenvalue weighted by molar-refractivity contribution is 5.49. The number of anilines is 2. The van der Waals surface area contributed by atoms with Gasteiger partial charge in [-0.2, -0.15) is 10.1 Å². The number of hydrogen-bond donors (Lipinski definition) is 1. The van der Waals surface area contributed by atoms with Gasteiger partial charge in [-0.3, -0.25) is 5.10 Å². The molecule has 1 saturated heterocycles. The van der Waals surface area contributed by atoms with Gasteiger partial charge in [0.05, 0.1) is 5.69 Å². The Balaban J connectivity index is 1.43. The van der Waals surface area contributed by atoms with E-state index in [1.165, 1.54) is 49.1 Å². The molecule has 4 heterocycles. The van der Waals surface area contributed by atoms with Crippen molar-refractivity contribution in [3.63, 3.8) is 0 Å². The number of nitrogens with zero attached hydrogens (tertiary/aromatic N) is 5. The summed E-state index contributed by atoms with van der Waals surface area (Å²) in [4.78, 5) is 14.4. The maximum Gasteiger partial charge on any atom is 0.227 e. The Kier molecular flexibility index (Phi) is 3.64. The second-order valence-electron chi connectivity index (χ2n) is 7.73. The van der Waals surface area contributed by atoms with Gasteiger partial charge < -0.3 is 9.80 Å². The molecule has 0 spiro atoms. The van der Waals surface area contributed by atoms with Gasteiger partial charge in [-0.1, -0.05) is 0 Å². The molecule has 0 atom stereocenters. The van der Waals surface area contributed by atoms with E-state index < -0.39 is 0 Å². The van der Waals surface area contributed by atoms with Crippen LogP contribution < -0.4 is 9.80 Å². The highest BCUT2D eigenvalue weighted by atomic mass is 15.3. The number of fused-ring (bicyclic) bond motifs is 1. The van der Waals surface area contributed by atoms with Crippen LogP contribution in [-0.2, 0) is 13.0 Å². The zero-order valence-electron chi connectivity index (χ0n) is 15.0. The Hall–Kier alpha value is -2.11. The van der Waals surface area contributed by atoms with E-state index in [1.54, 1.807) is 0 Å². The Bertz CT molecular complexity index is 772. The van der Waals surface area contributed by atoms with Gasteiger partial charge in [0.15, 0.2) is 0 Å². The summed E-state index contributed by atoms with van der Waals surface area (Å²) < 4.78 is 0. The molecule has 2 fully saturated rings. The smallest absolute Gasteiger partial charge is 0.227 e. The number of rotatable bonds is 3. The van der Waals surface area contributed by atoms with Crippen molar-refractivity contribution in [1.29, 1.82) is 0 Å². The fourth-order valence-electron chi connectivity index (χ4n) is 4.14. The molecule has 132 valence electrons. The van der Waals surface area contributed by atoms with Crippen LogP contribution in [0.1, 0.15) is 60.7 Å². The van der Waals surface area contributed by atoms with Crippen LogP contribution in [0.15, 0.2) is 6.07 Å². The summed E-state index contributed by atoms with van der Waals surface area (Å²) in [6.07, 6.45) is 7.44. The zero-order chi connectivity index (χ0) is 16.8. The van der Waals surface area contributed by atoms with E-state index >= 15 is 0 Å². The maximum atomic E-state index is 4.94. The number of H-pyrrole nitrogens is 1. The number of nitrogens with one attached hydrogen (secondary N) is 1. The maximum absolute atomic E-state index is 4.94. The number of piperidine rings is 1. The molecule has 6 nitrogen and oxygen atoms in total. The van der Waals surface area contributed by atoms with Crippen LogP contribution in [0.3, 0.4) is 0 Å². The molecule has 1 saturated carbocycles. The Morgan fingerprint density at radius 1 is 1.04 bits per heavy atom. The van der Waals surface area contributed by atoms with Crippen molar-refractivity contribution in [2.45, 2.75) is 57.9 Å². The van der Waals surface area contributed by atoms with E-state index in [4.69, 9.17) is 9.97 Å². The fraction of sp³-hybridized carbons (Fsp3) is 0.632. The monoisotopic (exact) mass is 338 g/mol. The van der Waals surface area contributed by atoms with Crippen LogP contribution in [0.4, 0.5) is 11.8 Å². The minimum atomic E-state index is 0.691. The predicted molar refractivity (Wildman–Crippen MR) is 98.1 cm³/mol. The SMILES string of the molecule is Cc1cc(N2CCc3[nH]nc(C4CC4)c3C2)nc(N2CCCCC2)n1. The number of aryl methyl sites for hydroxylation is 1. The van der Waals surface area contributed by atoms with Gasteiger partial charge in [0.1, 0.15) is 5.82 Å². The van der Waals surface area contributed by atoms with Crippen molar-refractivity contribution in [3.05, 3.63) is 28.7 Å². The second-order valence-corrected chi connectivity index (χ2v) is 7.73. The topological polar surface area (TPSA) is 60.9 Å². The highest BCUT2D eigenvalue weighted by Crippen LogP contribution is 2.42. The molecule has 2 aromatic rings. The van der Waals surface area contributed by atoms with Gasteiger partial charge >= 0.3 is 0 Å². The van der Waals surface area contributed by atoms with Gasteiger partial charge in [-0.05, 0) is 39.0 Å². The molecule has 0 unspecified atom stereocenters. The first kappa shape index (κ1) is 15.2. The van der Waals surface area contributed by atoms with E-state index in [9.17, 15) is 0 Å². The molecule has 1 N–H and O–H groups in total. The highest BCUT2D eigenvalue weighted by Gasteiger charge is 2.32. The van der Waals surface area contributed by atoms with Crippen LogP contribution >= 0.6 is 0 Å². The normalized spacial score (nSPS) is 20.7. The lowest BCUT2D eigenvalue weighted by Crippen LogP contribution is -2.34. The van der Waals surface area contributed by atoms with Crippen LogP contribution in [0.5, 0.6) is 0 Å². The summed E-state index contributed by atoms with van der Waals surface area (Å²) >= 11 is 0. The van der Waals surface area contributed by atoms with Crippen molar-refractivity contribution >= 4 is 11.8 Å². The van der Waals surface area contributed by atoms with Crippen molar-refractivity contribution < 1.29 is 0 Å². The quantitative estimate of drug-likeness (QED) is 0.932. The lowest BCUT2D eigenvalue weighted by atomic mass is 10.0. The summed E-state index contributed by atoms with van der Waals surface area (Å²) in [5, 5.41) is 7.88. The first-order valence-electron chi connectivity index (χ1n) is 9.69. The van der Waals surface area contributed by atoms with Gasteiger partial charge in [0, 0.05) is 61.5 Å². The number of aromatic nitrogens is 4. The summed E-state index contributed by atoms with van der Waals surface area (Å²) in [7, 11) is 0. The Morgan fingerprint density at radius 3 is 2.68 bits per heavy atom. The first-order chi connectivity index (χ1) is 12.3. The third-order valence-electron chi connectivity index (χ3n) is 5.72. The van der Waals surface area contributed by atoms with Gasteiger partial charge in [-0.25, -0.2) is 4.98 Å². The molecule has 1 aliphatic carbocycles. The predicted octanol–water partition coefficient (Wildman–Crippen LogP) is 2.94. The second kappa shape index (κ2) is 6.00. The van der Waals surface area contributed by atoms with Crippen LogP contribution in [0.2, 0.25) is 0 Å². The fourth-order valence-corrected chi connectivity index (χ4v) is 4.14. The molecule has 3 aliphatic rings. The van der Waals surface area contributed by atoms with E-state index in [0.717, 1.165) is 50.1 Å². The molecule has 0 bridgehead atoms. The number of hydrogen-bond acceptors (Lipinski definition) is 5. The molecular weight excluding hydrogens is 312 g/mol. The summed E-state index contributed by atoms with van der Waals surface area (Å²) in [5.41, 5.74) is 5.12. The molecule has 2 aromatic heterocycles. The summed E-state index contributed by atoms with van der Waals surface area (Å²) in [5.74, 6) is 2.67. The molecule has 0 aromatic carbocycles. The molecule has 5 rings (SSSR count). The summed E-state index contributed by atoms with van der Waals surface area (Å²) in [6, 6.07) is 2.13. The van der Waals surface area contributed by atoms with Crippen LogP contribution in [-0.4, -0.2) is 39.8 Å². The first-order valence-corrected chi connectivity index (χ1v) is 9.69. The van der Waals surface area contributed by atoms with Gasteiger partial charge in [0.25, 0.3) is 0 Å². The molecule has 0 radical (unpaired) electrons. The van der Waals surface area contributed by atoms with Crippen molar-refractivity contribution in [2.24, 2.45) is 0 Å². The van der Waals surface area contributed by atoms with E-state index in [2.05, 4.69) is 33.0 Å². The van der Waals surface area contributed by atoms with Crippen molar-refractivity contribution in [2.75, 3.05) is 29.4 Å². The molecule has 6 heteroatoms. The minimum Gasteiger partial charge on any atom is -0.352 e. The lowest BCUT2D eigenvalue weighted by Gasteiger charge is -2.31. The van der Waals surface area contributed by atoms with Crippen LogP contribution in [0.25, 0.3) is 0 Å². The third-order valence-corrected chi connectivity index (χ3v) is 5.72. The molecule has 2 aliphatic heterocycles. The van der Waals surface area contributed by atoms with E-state index in [0.29, 0.717) is 5.92 Å². The summed E-state index contributed by atoms with van der Waals surface area (Å²) in [6.45, 7) is 6.17. The van der Waals surface area contributed by atoms with Crippen molar-refractivity contribution in [1.82, 2.24) is 20.2 Å². The Labute approximate surface area is 148 Å². The van der Waals surface area contributed by atoms with Gasteiger partial charge in [0.2, 0.25) is 5.95 Å². The molecule has 25 heavy (non-hydrogen) atoms. The van der Waals surface area contributed by atoms with Gasteiger partial charge in [-0.15, -0.1) is 0 Å². The van der Waals surface area contributed by atoms with E-state index in [-0.39, 0.29) is 0 Å². The van der Waals surface area contributed by atoms with E-state index in [1.807, 2.05) is 0 Å². The average molecular weight is 338 g/mol. The largest absolute Gasteiger partial charge is 0.352 e. The van der Waals surface area contributed by atoms with Crippen molar-refractivity contribution in [3.8, 4) is 0 Å². The Morgan fingerprint density at radius 2 is 1.88 bits per heavy atom. The standard InChI is InChI=1S/C19H26N6/c1-13-11-17(21-19(20-13)24-8-3-2-4-9-24)25-10-7-16-15(12-25)18(23-22-16)14-5-6-14/h11,14H,2-10,12H2,1H3,(H,22,23). The third kappa shape index (κ3) is 2.87. The lowest BCUT2D eigenvalue weighted by molar-refractivity contribution is 0.567. The minimum absolute atomic E-state index is 0.691. The van der Waals surface area contributed by atoms with Crippen LogP contribution in [0, 0.1) is 6.92 Å².